The number of fused-ring (bicyclic) bond motifs is 1. The van der Waals surface area contributed by atoms with E-state index in [1.54, 1.807) is 52.7 Å². The van der Waals surface area contributed by atoms with E-state index >= 15 is 0 Å². The van der Waals surface area contributed by atoms with Gasteiger partial charge >= 0.3 is 0 Å². The Kier molecular flexibility index (Phi) is 12.0. The van der Waals surface area contributed by atoms with E-state index < -0.39 is 28.3 Å². The average molecular weight is 742 g/mol. The molecule has 282 valence electrons. The number of imidazole rings is 1. The van der Waals surface area contributed by atoms with Crippen molar-refractivity contribution in [2.75, 3.05) is 30.9 Å². The molecule has 5 rings (SSSR count). The number of nitrogens with two attached hydrogens (primary N) is 3. The number of allylic oxidation sites excluding steroid dienone is 2. The van der Waals surface area contributed by atoms with Crippen molar-refractivity contribution in [2.45, 2.75) is 40.0 Å². The molecular weight excluding hydrogens is 702 g/mol. The molecule has 0 fully saturated rings. The summed E-state index contributed by atoms with van der Waals surface area (Å²) in [5.41, 5.74) is 18.7. The maximum absolute atomic E-state index is 13.4. The first-order valence-electron chi connectivity index (χ1n) is 16.6. The number of primary amides is 2. The van der Waals surface area contributed by atoms with E-state index in [-0.39, 0.29) is 60.5 Å². The van der Waals surface area contributed by atoms with Crippen LogP contribution in [0.3, 0.4) is 0 Å². The molecule has 54 heavy (non-hydrogen) atoms. The molecule has 20 nitrogen and oxygen atoms in total. The van der Waals surface area contributed by atoms with E-state index in [9.17, 15) is 24.5 Å². The summed E-state index contributed by atoms with van der Waals surface area (Å²) in [5, 5.41) is 30.5. The second-order valence-electron chi connectivity index (χ2n) is 11.6. The average Bonchev–Trinajstić information content (AvgIpc) is 3.87. The van der Waals surface area contributed by atoms with Crippen LogP contribution in [0, 0.1) is 17.0 Å². The number of anilines is 2. The molecule has 0 spiro atoms. The largest absolute Gasteiger partial charge is 0.494 e. The maximum Gasteiger partial charge on any atom is 0.296 e. The fourth-order valence-corrected chi connectivity index (χ4v) is 5.43. The van der Waals surface area contributed by atoms with Crippen LogP contribution in [0.1, 0.15) is 49.5 Å². The lowest BCUT2D eigenvalue weighted by Crippen LogP contribution is -2.20. The van der Waals surface area contributed by atoms with Crippen molar-refractivity contribution in [1.82, 2.24) is 34.3 Å². The SMILES string of the molecule is CCn1nc(C)cc1C(=O)Nc1nc2cc(C(N)=O)cc(OC)c2n1C/C=C/CNc1c(OC/C=C/Cn2ncc(CN)n2)cc(C(N)=O)cc1[N+](=O)[O-]. The van der Waals surface area contributed by atoms with Crippen LogP contribution < -0.4 is 37.3 Å². The molecule has 0 atom stereocenters. The van der Waals surface area contributed by atoms with Gasteiger partial charge in [0, 0.05) is 43.4 Å². The number of nitrogens with one attached hydrogen (secondary N) is 2. The molecule has 20 heteroatoms. The first-order valence-corrected chi connectivity index (χ1v) is 16.6. The molecule has 0 aliphatic carbocycles. The van der Waals surface area contributed by atoms with Crippen LogP contribution in [0.4, 0.5) is 17.3 Å². The highest BCUT2D eigenvalue weighted by atomic mass is 16.6. The topological polar surface area (TPSA) is 281 Å². The number of nitro groups is 1. The van der Waals surface area contributed by atoms with Gasteiger partial charge in [0.1, 0.15) is 23.6 Å². The standard InChI is InChI=1S/C34H39N13O7/c1-4-45-26(13-20(2)42-45)33(50)41-34-40-24-14-21(31(36)48)17-28(53-3)30(24)44(34)10-6-5-9-38-29-25(47(51)52)15-22(32(37)49)16-27(29)54-12-8-7-11-46-39-19-23(18-35)43-46/h5-8,13-17,19,38H,4,9-12,18,35H2,1-3H3,(H2,36,48)(H2,37,49)(H,40,41,50)/b6-5+,8-7+. The molecule has 3 aromatic heterocycles. The molecule has 0 bridgehead atoms. The minimum Gasteiger partial charge on any atom is -0.494 e. The van der Waals surface area contributed by atoms with E-state index in [0.717, 1.165) is 6.07 Å². The lowest BCUT2D eigenvalue weighted by Gasteiger charge is -2.13. The molecule has 3 amide bonds. The summed E-state index contributed by atoms with van der Waals surface area (Å²) in [6.45, 7) is 4.90. The molecule has 0 aliphatic heterocycles. The van der Waals surface area contributed by atoms with Crippen LogP contribution in [0.5, 0.6) is 11.5 Å². The number of nitrogens with zero attached hydrogens (tertiary/aromatic N) is 8. The fraction of sp³-hybridized carbons (Fsp3) is 0.265. The Balaban J connectivity index is 1.38. The fourth-order valence-electron chi connectivity index (χ4n) is 5.43. The third kappa shape index (κ3) is 8.67. The number of amides is 3. The minimum atomic E-state index is -0.867. The van der Waals surface area contributed by atoms with Gasteiger partial charge in [0.05, 0.1) is 41.7 Å². The zero-order valence-electron chi connectivity index (χ0n) is 29.7. The first kappa shape index (κ1) is 38.1. The van der Waals surface area contributed by atoms with E-state index in [1.165, 1.54) is 30.1 Å². The highest BCUT2D eigenvalue weighted by molar-refractivity contribution is 6.04. The zero-order valence-corrected chi connectivity index (χ0v) is 29.7. The van der Waals surface area contributed by atoms with Crippen molar-refractivity contribution in [3.63, 3.8) is 0 Å². The van der Waals surface area contributed by atoms with E-state index in [0.29, 0.717) is 41.2 Å². The second kappa shape index (κ2) is 17.0. The molecular formula is C34H39N13O7. The lowest BCUT2D eigenvalue weighted by molar-refractivity contribution is -0.384. The molecule has 8 N–H and O–H groups in total. The van der Waals surface area contributed by atoms with Gasteiger partial charge in [0.2, 0.25) is 17.8 Å². The van der Waals surface area contributed by atoms with Crippen LogP contribution in [-0.2, 0) is 26.2 Å². The van der Waals surface area contributed by atoms with Gasteiger partial charge in [-0.25, -0.2) is 4.98 Å². The summed E-state index contributed by atoms with van der Waals surface area (Å²) in [7, 11) is 1.43. The number of carbonyl (C=O) groups is 3. The number of benzene rings is 2. The van der Waals surface area contributed by atoms with Gasteiger partial charge in [-0.3, -0.25) is 34.5 Å². The van der Waals surface area contributed by atoms with Gasteiger partial charge in [-0.05, 0) is 44.2 Å². The Labute approximate surface area is 307 Å². The smallest absolute Gasteiger partial charge is 0.296 e. The Bertz CT molecular complexity index is 2270. The van der Waals surface area contributed by atoms with Gasteiger partial charge in [-0.2, -0.15) is 20.1 Å². The number of ether oxygens (including phenoxy) is 2. The van der Waals surface area contributed by atoms with E-state index in [1.807, 2.05) is 6.92 Å². The van der Waals surface area contributed by atoms with Crippen LogP contribution in [0.2, 0.25) is 0 Å². The van der Waals surface area contributed by atoms with Crippen molar-refractivity contribution >= 4 is 46.1 Å². The Morgan fingerprint density at radius 1 is 0.981 bits per heavy atom. The van der Waals surface area contributed by atoms with Gasteiger partial charge in [-0.1, -0.05) is 18.2 Å². The second-order valence-corrected chi connectivity index (χ2v) is 11.6. The highest BCUT2D eigenvalue weighted by Crippen LogP contribution is 2.36. The molecule has 3 heterocycles. The number of methoxy groups -OCH3 is 1. The van der Waals surface area contributed by atoms with Gasteiger partial charge < -0.3 is 36.6 Å². The molecule has 0 saturated heterocycles. The molecule has 5 aromatic rings. The summed E-state index contributed by atoms with van der Waals surface area (Å²) >= 11 is 0. The summed E-state index contributed by atoms with van der Waals surface area (Å²) in [4.78, 5) is 54.9. The number of hydrogen-bond acceptors (Lipinski definition) is 13. The maximum atomic E-state index is 13.4. The number of carbonyl (C=O) groups excluding carboxylic acids is 3. The molecule has 0 aliphatic rings. The van der Waals surface area contributed by atoms with Gasteiger partial charge in [0.25, 0.3) is 11.6 Å². The Hall–Kier alpha value is -7.09. The Morgan fingerprint density at radius 3 is 2.37 bits per heavy atom. The first-order chi connectivity index (χ1) is 25.9. The number of hydrogen-bond donors (Lipinski definition) is 5. The molecule has 0 radical (unpaired) electrons. The number of nitro benzene ring substituents is 1. The summed E-state index contributed by atoms with van der Waals surface area (Å²) < 4.78 is 14.7. The molecule has 0 saturated carbocycles. The number of aryl methyl sites for hydroxylation is 2. The highest BCUT2D eigenvalue weighted by Gasteiger charge is 2.23. The van der Waals surface area contributed by atoms with Crippen LogP contribution in [0.15, 0.2) is 60.8 Å². The van der Waals surface area contributed by atoms with E-state index in [2.05, 4.69) is 30.9 Å². The van der Waals surface area contributed by atoms with E-state index in [4.69, 9.17) is 26.7 Å². The lowest BCUT2D eigenvalue weighted by atomic mass is 10.1. The molecule has 2 aromatic carbocycles. The Morgan fingerprint density at radius 2 is 1.70 bits per heavy atom. The summed E-state index contributed by atoms with van der Waals surface area (Å²) in [5.74, 6) is -1.54. The normalized spacial score (nSPS) is 11.4. The monoisotopic (exact) mass is 741 g/mol. The number of aromatic nitrogens is 7. The van der Waals surface area contributed by atoms with Crippen molar-refractivity contribution in [1.29, 1.82) is 0 Å². The third-order valence-electron chi connectivity index (χ3n) is 7.95. The zero-order chi connectivity index (χ0) is 38.9. The summed E-state index contributed by atoms with van der Waals surface area (Å²) in [6, 6.07) is 7.02. The summed E-state index contributed by atoms with van der Waals surface area (Å²) in [6.07, 6.45) is 8.39. The van der Waals surface area contributed by atoms with Gasteiger partial charge in [-0.15, -0.1) is 0 Å². The predicted molar refractivity (Wildman–Crippen MR) is 197 cm³/mol. The quantitative estimate of drug-likeness (QED) is 0.0490. The van der Waals surface area contributed by atoms with Crippen molar-refractivity contribution in [2.24, 2.45) is 17.2 Å². The number of rotatable bonds is 18. The predicted octanol–water partition coefficient (Wildman–Crippen LogP) is 2.28. The molecule has 0 unspecified atom stereocenters. The van der Waals surface area contributed by atoms with Crippen molar-refractivity contribution in [3.05, 3.63) is 99.2 Å². The van der Waals surface area contributed by atoms with Crippen molar-refractivity contribution < 1.29 is 28.8 Å². The van der Waals surface area contributed by atoms with Crippen LogP contribution in [0.25, 0.3) is 11.0 Å². The van der Waals surface area contributed by atoms with Crippen molar-refractivity contribution in [3.8, 4) is 11.5 Å². The van der Waals surface area contributed by atoms with Crippen LogP contribution >= 0.6 is 0 Å². The minimum absolute atomic E-state index is 0.00494. The van der Waals surface area contributed by atoms with Gasteiger partial charge in [0.15, 0.2) is 11.4 Å². The van der Waals surface area contributed by atoms with Crippen LogP contribution in [-0.4, -0.2) is 77.2 Å². The third-order valence-corrected chi connectivity index (χ3v) is 7.95.